The van der Waals surface area contributed by atoms with Gasteiger partial charge in [0, 0.05) is 16.5 Å². The highest BCUT2D eigenvalue weighted by atomic mass is 35.5. The Bertz CT molecular complexity index is 847. The zero-order valence-electron chi connectivity index (χ0n) is 13.4. The van der Waals surface area contributed by atoms with Gasteiger partial charge in [0.05, 0.1) is 5.88 Å². The van der Waals surface area contributed by atoms with E-state index in [0.29, 0.717) is 16.5 Å². The predicted octanol–water partition coefficient (Wildman–Crippen LogP) is 6.33. The summed E-state index contributed by atoms with van der Waals surface area (Å²) >= 11 is 18.3. The van der Waals surface area contributed by atoms with Crippen LogP contribution < -0.4 is 0 Å². The number of alkyl halides is 1. The first kappa shape index (κ1) is 18.3. The van der Waals surface area contributed by atoms with Crippen molar-refractivity contribution in [3.63, 3.8) is 0 Å². The van der Waals surface area contributed by atoms with Crippen molar-refractivity contribution in [1.29, 1.82) is 0 Å². The quantitative estimate of drug-likeness (QED) is 0.504. The third-order valence-corrected chi connectivity index (χ3v) is 5.28. The Morgan fingerprint density at radius 3 is 2.04 bits per heavy atom. The maximum absolute atomic E-state index is 11.1. The molecule has 0 saturated carbocycles. The lowest BCUT2D eigenvalue weighted by atomic mass is 9.88. The number of aliphatic hydroxyl groups is 1. The van der Waals surface area contributed by atoms with Crippen molar-refractivity contribution in [2.24, 2.45) is 0 Å². The van der Waals surface area contributed by atoms with E-state index in [1.807, 2.05) is 48.5 Å². The molecule has 3 rings (SSSR count). The lowest BCUT2D eigenvalue weighted by Gasteiger charge is -2.27. The molecule has 3 aromatic rings. The normalized spacial score (nSPS) is 13.4. The first-order valence-electron chi connectivity index (χ1n) is 7.90. The van der Waals surface area contributed by atoms with Crippen LogP contribution in [0.4, 0.5) is 0 Å². The fraction of sp³-hybridized carbons (Fsp3) is 0.143. The van der Waals surface area contributed by atoms with Gasteiger partial charge in [-0.15, -0.1) is 11.6 Å². The SMILES string of the molecule is OC(CCl)(Cc1ccc(Cl)cc1Cl)c1ccc(-c2ccccc2)cc1. The Balaban J connectivity index is 1.89. The molecule has 0 spiro atoms. The van der Waals surface area contributed by atoms with Gasteiger partial charge in [-0.1, -0.05) is 83.9 Å². The van der Waals surface area contributed by atoms with Gasteiger partial charge in [-0.05, 0) is 34.4 Å². The van der Waals surface area contributed by atoms with Crippen LogP contribution in [0.2, 0.25) is 10.0 Å². The van der Waals surface area contributed by atoms with Gasteiger partial charge in [-0.25, -0.2) is 0 Å². The van der Waals surface area contributed by atoms with Gasteiger partial charge in [0.15, 0.2) is 0 Å². The highest BCUT2D eigenvalue weighted by Gasteiger charge is 2.29. The van der Waals surface area contributed by atoms with Crippen LogP contribution in [0.3, 0.4) is 0 Å². The van der Waals surface area contributed by atoms with E-state index in [4.69, 9.17) is 34.8 Å². The molecule has 0 radical (unpaired) electrons. The molecule has 0 fully saturated rings. The van der Waals surface area contributed by atoms with Crippen molar-refractivity contribution in [2.75, 3.05) is 5.88 Å². The Labute approximate surface area is 162 Å². The van der Waals surface area contributed by atoms with E-state index in [2.05, 4.69) is 12.1 Å². The molecule has 128 valence electrons. The first-order chi connectivity index (χ1) is 12.0. The Morgan fingerprint density at radius 1 is 0.800 bits per heavy atom. The molecule has 1 unspecified atom stereocenters. The van der Waals surface area contributed by atoms with Crippen LogP contribution >= 0.6 is 34.8 Å². The van der Waals surface area contributed by atoms with E-state index in [-0.39, 0.29) is 5.88 Å². The lowest BCUT2D eigenvalue weighted by molar-refractivity contribution is 0.0615. The number of rotatable bonds is 5. The van der Waals surface area contributed by atoms with Crippen molar-refractivity contribution in [2.45, 2.75) is 12.0 Å². The fourth-order valence-corrected chi connectivity index (χ4v) is 3.53. The van der Waals surface area contributed by atoms with E-state index in [9.17, 15) is 5.11 Å². The monoisotopic (exact) mass is 390 g/mol. The van der Waals surface area contributed by atoms with Crippen LogP contribution in [-0.4, -0.2) is 11.0 Å². The van der Waals surface area contributed by atoms with Gasteiger partial charge >= 0.3 is 0 Å². The van der Waals surface area contributed by atoms with Crippen molar-refractivity contribution >= 4 is 34.8 Å². The number of halogens is 3. The van der Waals surface area contributed by atoms with Gasteiger partial charge in [-0.3, -0.25) is 0 Å². The van der Waals surface area contributed by atoms with Crippen molar-refractivity contribution in [1.82, 2.24) is 0 Å². The Morgan fingerprint density at radius 2 is 1.44 bits per heavy atom. The molecule has 0 bridgehead atoms. The Hall–Kier alpha value is -1.51. The summed E-state index contributed by atoms with van der Waals surface area (Å²) < 4.78 is 0. The van der Waals surface area contributed by atoms with Gasteiger partial charge in [0.2, 0.25) is 0 Å². The number of hydrogen-bond acceptors (Lipinski definition) is 1. The smallest absolute Gasteiger partial charge is 0.107 e. The molecular weight excluding hydrogens is 375 g/mol. The topological polar surface area (TPSA) is 20.2 Å². The molecule has 1 nitrogen and oxygen atoms in total. The van der Waals surface area contributed by atoms with E-state index < -0.39 is 5.60 Å². The van der Waals surface area contributed by atoms with Crippen LogP contribution in [0.15, 0.2) is 72.8 Å². The molecule has 0 heterocycles. The van der Waals surface area contributed by atoms with Gasteiger partial charge in [0.25, 0.3) is 0 Å². The first-order valence-corrected chi connectivity index (χ1v) is 9.19. The molecule has 25 heavy (non-hydrogen) atoms. The maximum atomic E-state index is 11.1. The summed E-state index contributed by atoms with van der Waals surface area (Å²) in [5.41, 5.74) is 2.58. The summed E-state index contributed by atoms with van der Waals surface area (Å²) in [6.45, 7) is 0. The number of benzene rings is 3. The van der Waals surface area contributed by atoms with Crippen LogP contribution in [0.25, 0.3) is 11.1 Å². The second kappa shape index (κ2) is 7.80. The van der Waals surface area contributed by atoms with E-state index in [1.54, 1.807) is 12.1 Å². The van der Waals surface area contributed by atoms with Crippen molar-refractivity contribution in [3.05, 3.63) is 94.0 Å². The largest absolute Gasteiger partial charge is 0.384 e. The molecular formula is C21H17Cl3O. The highest BCUT2D eigenvalue weighted by molar-refractivity contribution is 6.35. The molecule has 1 atom stereocenters. The summed E-state index contributed by atoms with van der Waals surface area (Å²) in [4.78, 5) is 0. The van der Waals surface area contributed by atoms with E-state index in [0.717, 1.165) is 22.3 Å². The van der Waals surface area contributed by atoms with Crippen molar-refractivity contribution < 1.29 is 5.11 Å². The number of hydrogen-bond donors (Lipinski definition) is 1. The molecule has 4 heteroatoms. The average Bonchev–Trinajstić information content (AvgIpc) is 2.65. The summed E-state index contributed by atoms with van der Waals surface area (Å²) in [5.74, 6) is 0.0661. The van der Waals surface area contributed by atoms with Gasteiger partial charge in [-0.2, -0.15) is 0 Å². The second-order valence-corrected chi connectivity index (χ2v) is 7.13. The minimum Gasteiger partial charge on any atom is -0.384 e. The standard InChI is InChI=1S/C21H17Cl3O/c22-14-21(25,13-17-8-11-19(23)12-20(17)24)18-9-6-16(7-10-18)15-4-2-1-3-5-15/h1-12,25H,13-14H2. The zero-order chi connectivity index (χ0) is 17.9. The molecule has 3 aromatic carbocycles. The summed E-state index contributed by atoms with van der Waals surface area (Å²) in [7, 11) is 0. The summed E-state index contributed by atoms with van der Waals surface area (Å²) in [5, 5.41) is 12.2. The minimum absolute atomic E-state index is 0.0661. The fourth-order valence-electron chi connectivity index (χ4n) is 2.81. The molecule has 0 aromatic heterocycles. The van der Waals surface area contributed by atoms with Gasteiger partial charge < -0.3 is 5.11 Å². The van der Waals surface area contributed by atoms with Crippen LogP contribution in [0.1, 0.15) is 11.1 Å². The minimum atomic E-state index is -1.20. The molecule has 0 aliphatic heterocycles. The third kappa shape index (κ3) is 4.19. The predicted molar refractivity (Wildman–Crippen MR) is 107 cm³/mol. The van der Waals surface area contributed by atoms with Crippen LogP contribution in [0, 0.1) is 0 Å². The molecule has 0 saturated heterocycles. The third-order valence-electron chi connectivity index (χ3n) is 4.25. The molecule has 0 aliphatic rings. The van der Waals surface area contributed by atoms with Crippen LogP contribution in [0.5, 0.6) is 0 Å². The Kier molecular flexibility index (Phi) is 5.71. The van der Waals surface area contributed by atoms with E-state index >= 15 is 0 Å². The lowest BCUT2D eigenvalue weighted by Crippen LogP contribution is -2.30. The van der Waals surface area contributed by atoms with E-state index in [1.165, 1.54) is 0 Å². The average molecular weight is 392 g/mol. The zero-order valence-corrected chi connectivity index (χ0v) is 15.7. The molecule has 1 N–H and O–H groups in total. The van der Waals surface area contributed by atoms with Crippen molar-refractivity contribution in [3.8, 4) is 11.1 Å². The van der Waals surface area contributed by atoms with Crippen LogP contribution in [-0.2, 0) is 12.0 Å². The summed E-state index contributed by atoms with van der Waals surface area (Å²) in [6.07, 6.45) is 0.317. The summed E-state index contributed by atoms with van der Waals surface area (Å²) in [6, 6.07) is 23.1. The molecule has 0 amide bonds. The maximum Gasteiger partial charge on any atom is 0.107 e. The molecule has 0 aliphatic carbocycles. The highest BCUT2D eigenvalue weighted by Crippen LogP contribution is 2.32. The second-order valence-electron chi connectivity index (χ2n) is 6.02. The van der Waals surface area contributed by atoms with Gasteiger partial charge in [0.1, 0.15) is 5.60 Å².